The molecule has 0 radical (unpaired) electrons. The predicted octanol–water partition coefficient (Wildman–Crippen LogP) is 0.684. The number of hydrogen-bond acceptors (Lipinski definition) is 5. The van der Waals surface area contributed by atoms with Gasteiger partial charge in [0.1, 0.15) is 0 Å². The fourth-order valence-electron chi connectivity index (χ4n) is 2.43. The largest absolute Gasteiger partial charge is 0.314 e. The van der Waals surface area contributed by atoms with Crippen molar-refractivity contribution in [3.05, 3.63) is 35.2 Å². The fourth-order valence-corrected chi connectivity index (χ4v) is 2.43. The Morgan fingerprint density at radius 3 is 2.70 bits per heavy atom. The molecule has 1 aliphatic rings. The summed E-state index contributed by atoms with van der Waals surface area (Å²) in [7, 11) is 0. The second-order valence-electron chi connectivity index (χ2n) is 5.30. The van der Waals surface area contributed by atoms with Crippen LogP contribution in [-0.4, -0.2) is 51.3 Å². The SMILES string of the molecule is Cc1ccc(-n2nnnc2CN2CCNCC2)cc1C. The first-order valence-corrected chi connectivity index (χ1v) is 7.02. The van der Waals surface area contributed by atoms with Gasteiger partial charge < -0.3 is 5.32 Å². The molecule has 6 nitrogen and oxygen atoms in total. The molecule has 2 heterocycles. The summed E-state index contributed by atoms with van der Waals surface area (Å²) >= 11 is 0. The lowest BCUT2D eigenvalue weighted by Crippen LogP contribution is -2.43. The van der Waals surface area contributed by atoms with Crippen LogP contribution in [0.15, 0.2) is 18.2 Å². The number of piperazine rings is 1. The zero-order chi connectivity index (χ0) is 13.9. The van der Waals surface area contributed by atoms with E-state index in [-0.39, 0.29) is 0 Å². The van der Waals surface area contributed by atoms with E-state index in [0.717, 1.165) is 44.2 Å². The van der Waals surface area contributed by atoms with Crippen LogP contribution in [0.3, 0.4) is 0 Å². The third kappa shape index (κ3) is 2.71. The Bertz CT molecular complexity index is 585. The minimum absolute atomic E-state index is 0.793. The summed E-state index contributed by atoms with van der Waals surface area (Å²) in [6, 6.07) is 6.31. The van der Waals surface area contributed by atoms with Crippen molar-refractivity contribution in [3.63, 3.8) is 0 Å². The van der Waals surface area contributed by atoms with Gasteiger partial charge in [-0.25, -0.2) is 0 Å². The summed E-state index contributed by atoms with van der Waals surface area (Å²) in [4.78, 5) is 2.37. The maximum Gasteiger partial charge on any atom is 0.170 e. The zero-order valence-electron chi connectivity index (χ0n) is 12.0. The van der Waals surface area contributed by atoms with E-state index in [9.17, 15) is 0 Å². The molecule has 1 N–H and O–H groups in total. The highest BCUT2D eigenvalue weighted by atomic mass is 15.5. The van der Waals surface area contributed by atoms with E-state index in [1.54, 1.807) is 0 Å². The van der Waals surface area contributed by atoms with Crippen LogP contribution in [0.2, 0.25) is 0 Å². The summed E-state index contributed by atoms with van der Waals surface area (Å²) in [5.74, 6) is 0.898. The first kappa shape index (κ1) is 13.2. The lowest BCUT2D eigenvalue weighted by molar-refractivity contribution is 0.226. The van der Waals surface area contributed by atoms with Gasteiger partial charge in [0, 0.05) is 26.2 Å². The monoisotopic (exact) mass is 272 g/mol. The number of aryl methyl sites for hydroxylation is 2. The molecule has 2 aromatic rings. The van der Waals surface area contributed by atoms with E-state index in [2.05, 4.69) is 57.8 Å². The molecule has 1 saturated heterocycles. The van der Waals surface area contributed by atoms with Gasteiger partial charge in [-0.05, 0) is 47.5 Å². The number of rotatable bonds is 3. The average molecular weight is 272 g/mol. The molecule has 6 heteroatoms. The molecule has 0 aliphatic carbocycles. The molecule has 3 rings (SSSR count). The van der Waals surface area contributed by atoms with E-state index in [1.807, 2.05) is 4.68 Å². The first-order valence-electron chi connectivity index (χ1n) is 7.02. The summed E-state index contributed by atoms with van der Waals surface area (Å²) in [5.41, 5.74) is 3.57. The van der Waals surface area contributed by atoms with Gasteiger partial charge >= 0.3 is 0 Å². The lowest BCUT2D eigenvalue weighted by Gasteiger charge is -2.26. The molecule has 0 unspecified atom stereocenters. The summed E-state index contributed by atoms with van der Waals surface area (Å²) in [5, 5.41) is 15.5. The Morgan fingerprint density at radius 1 is 1.15 bits per heavy atom. The Balaban J connectivity index is 1.83. The molecule has 0 atom stereocenters. The Labute approximate surface area is 118 Å². The molecule has 0 bridgehead atoms. The third-order valence-corrected chi connectivity index (χ3v) is 3.84. The van der Waals surface area contributed by atoms with Crippen LogP contribution in [0.25, 0.3) is 5.69 Å². The van der Waals surface area contributed by atoms with E-state index in [4.69, 9.17) is 0 Å². The van der Waals surface area contributed by atoms with E-state index in [1.165, 1.54) is 11.1 Å². The topological polar surface area (TPSA) is 58.9 Å². The number of nitrogens with zero attached hydrogens (tertiary/aromatic N) is 5. The molecule has 0 spiro atoms. The Morgan fingerprint density at radius 2 is 1.95 bits per heavy atom. The van der Waals surface area contributed by atoms with Crippen molar-refractivity contribution in [1.82, 2.24) is 30.4 Å². The Kier molecular flexibility index (Phi) is 3.75. The standard InChI is InChI=1S/C14H20N6/c1-11-3-4-13(9-12(11)2)20-14(16-17-18-20)10-19-7-5-15-6-8-19/h3-4,9,15H,5-8,10H2,1-2H3. The van der Waals surface area contributed by atoms with E-state index in [0.29, 0.717) is 0 Å². The van der Waals surface area contributed by atoms with Crippen molar-refractivity contribution in [1.29, 1.82) is 0 Å². The van der Waals surface area contributed by atoms with E-state index < -0.39 is 0 Å². The smallest absolute Gasteiger partial charge is 0.170 e. The fraction of sp³-hybridized carbons (Fsp3) is 0.500. The van der Waals surface area contributed by atoms with Gasteiger partial charge in [0.05, 0.1) is 12.2 Å². The van der Waals surface area contributed by atoms with Crippen LogP contribution in [0.5, 0.6) is 0 Å². The number of tetrazole rings is 1. The van der Waals surface area contributed by atoms with Gasteiger partial charge in [0.2, 0.25) is 0 Å². The maximum atomic E-state index is 4.18. The van der Waals surface area contributed by atoms with Gasteiger partial charge in [-0.15, -0.1) is 5.10 Å². The van der Waals surface area contributed by atoms with Crippen molar-refractivity contribution in [2.45, 2.75) is 20.4 Å². The Hall–Kier alpha value is -1.79. The van der Waals surface area contributed by atoms with Crippen LogP contribution in [0, 0.1) is 13.8 Å². The van der Waals surface area contributed by atoms with E-state index >= 15 is 0 Å². The molecule has 106 valence electrons. The summed E-state index contributed by atoms with van der Waals surface area (Å²) in [6.45, 7) is 9.16. The van der Waals surface area contributed by atoms with Gasteiger partial charge in [0.15, 0.2) is 5.82 Å². The third-order valence-electron chi connectivity index (χ3n) is 3.84. The molecule has 0 saturated carbocycles. The molecule has 1 aliphatic heterocycles. The number of nitrogens with one attached hydrogen (secondary N) is 1. The second kappa shape index (κ2) is 5.68. The minimum Gasteiger partial charge on any atom is -0.314 e. The van der Waals surface area contributed by atoms with Gasteiger partial charge in [0.25, 0.3) is 0 Å². The minimum atomic E-state index is 0.793. The first-order chi connectivity index (χ1) is 9.74. The van der Waals surface area contributed by atoms with Crippen molar-refractivity contribution in [3.8, 4) is 5.69 Å². The maximum absolute atomic E-state index is 4.18. The van der Waals surface area contributed by atoms with Gasteiger partial charge in [-0.2, -0.15) is 4.68 Å². The molecule has 1 fully saturated rings. The zero-order valence-corrected chi connectivity index (χ0v) is 12.0. The number of benzene rings is 1. The van der Waals surface area contributed by atoms with Crippen LogP contribution < -0.4 is 5.32 Å². The molecular weight excluding hydrogens is 252 g/mol. The van der Waals surface area contributed by atoms with Crippen LogP contribution >= 0.6 is 0 Å². The van der Waals surface area contributed by atoms with Crippen molar-refractivity contribution < 1.29 is 0 Å². The highest BCUT2D eigenvalue weighted by molar-refractivity contribution is 5.39. The molecule has 1 aromatic carbocycles. The highest BCUT2D eigenvalue weighted by Crippen LogP contribution is 2.14. The van der Waals surface area contributed by atoms with Crippen LogP contribution in [0.4, 0.5) is 0 Å². The number of hydrogen-bond donors (Lipinski definition) is 1. The normalized spacial score (nSPS) is 16.5. The summed E-state index contributed by atoms with van der Waals surface area (Å²) in [6.07, 6.45) is 0. The van der Waals surface area contributed by atoms with Crippen molar-refractivity contribution in [2.24, 2.45) is 0 Å². The van der Waals surface area contributed by atoms with Gasteiger partial charge in [-0.3, -0.25) is 4.90 Å². The van der Waals surface area contributed by atoms with Crippen LogP contribution in [-0.2, 0) is 6.54 Å². The number of aromatic nitrogens is 4. The lowest BCUT2D eigenvalue weighted by atomic mass is 10.1. The van der Waals surface area contributed by atoms with Gasteiger partial charge in [-0.1, -0.05) is 6.07 Å². The summed E-state index contributed by atoms with van der Waals surface area (Å²) < 4.78 is 1.84. The quantitative estimate of drug-likeness (QED) is 0.890. The molecule has 0 amide bonds. The molecular formula is C14H20N6. The molecule has 20 heavy (non-hydrogen) atoms. The molecule has 1 aromatic heterocycles. The van der Waals surface area contributed by atoms with Crippen molar-refractivity contribution >= 4 is 0 Å². The van der Waals surface area contributed by atoms with Crippen molar-refractivity contribution in [2.75, 3.05) is 26.2 Å². The predicted molar refractivity (Wildman–Crippen MR) is 76.8 cm³/mol. The second-order valence-corrected chi connectivity index (χ2v) is 5.30. The van der Waals surface area contributed by atoms with Crippen LogP contribution in [0.1, 0.15) is 17.0 Å². The highest BCUT2D eigenvalue weighted by Gasteiger charge is 2.15. The average Bonchev–Trinajstić information content (AvgIpc) is 2.91.